The summed E-state index contributed by atoms with van der Waals surface area (Å²) < 4.78 is 0. The van der Waals surface area contributed by atoms with Gasteiger partial charge in [-0.05, 0) is 42.0 Å². The summed E-state index contributed by atoms with van der Waals surface area (Å²) in [7, 11) is 0. The van der Waals surface area contributed by atoms with Gasteiger partial charge in [-0.1, -0.05) is 70.2 Å². The number of aromatic nitrogens is 1. The van der Waals surface area contributed by atoms with Crippen LogP contribution in [0.15, 0.2) is 59.6 Å². The Balaban J connectivity index is 2.12. The molecule has 128 valence electrons. The van der Waals surface area contributed by atoms with Crippen LogP contribution in [-0.2, 0) is 0 Å². The molecule has 0 radical (unpaired) electrons. The Labute approximate surface area is 150 Å². The Kier molecular flexibility index (Phi) is 4.98. The van der Waals surface area contributed by atoms with Gasteiger partial charge in [0, 0.05) is 5.39 Å². The Morgan fingerprint density at radius 3 is 2.08 bits per heavy atom. The highest BCUT2D eigenvalue weighted by Gasteiger charge is 2.14. The van der Waals surface area contributed by atoms with Crippen molar-refractivity contribution in [2.45, 2.75) is 46.5 Å². The van der Waals surface area contributed by atoms with Crippen LogP contribution in [0.5, 0.6) is 0 Å². The zero-order valence-corrected chi connectivity index (χ0v) is 15.7. The zero-order chi connectivity index (χ0) is 18.0. The van der Waals surface area contributed by atoms with E-state index in [0.717, 1.165) is 28.0 Å². The molecule has 0 unspecified atom stereocenters. The number of hydrogen-bond donors (Lipinski definition) is 0. The molecule has 0 N–H and O–H groups in total. The van der Waals surface area contributed by atoms with Gasteiger partial charge in [-0.25, -0.2) is 4.98 Å². The van der Waals surface area contributed by atoms with Crippen LogP contribution in [0.4, 0.5) is 5.69 Å². The number of aliphatic imine (C=N–C) groups is 1. The van der Waals surface area contributed by atoms with Gasteiger partial charge in [-0.15, -0.1) is 0 Å². The van der Waals surface area contributed by atoms with Crippen molar-refractivity contribution in [3.63, 3.8) is 0 Å². The highest BCUT2D eigenvalue weighted by molar-refractivity contribution is 6.00. The average molecular weight is 330 g/mol. The number of rotatable bonds is 4. The number of hydrogen-bond acceptors (Lipinski definition) is 2. The van der Waals surface area contributed by atoms with Gasteiger partial charge in [-0.3, -0.25) is 4.99 Å². The van der Waals surface area contributed by atoms with Crippen LogP contribution < -0.4 is 0 Å². The normalized spacial score (nSPS) is 12.4. The maximum absolute atomic E-state index is 5.03. The fraction of sp³-hybridized carbons (Fsp3) is 0.304. The highest BCUT2D eigenvalue weighted by Crippen LogP contribution is 2.35. The molecule has 0 atom stereocenters. The zero-order valence-electron chi connectivity index (χ0n) is 15.7. The number of para-hydroxylation sites is 2. The summed E-state index contributed by atoms with van der Waals surface area (Å²) in [6.45, 7) is 11.0. The SMILES string of the molecule is CC(=Nc1c(C(C)C)cccc1C(C)C)c1ccc2ccccc2n1. The van der Waals surface area contributed by atoms with Gasteiger partial charge in [-0.2, -0.15) is 0 Å². The minimum absolute atomic E-state index is 0.440. The number of pyridine rings is 1. The first-order valence-corrected chi connectivity index (χ1v) is 9.01. The first kappa shape index (κ1) is 17.3. The quantitative estimate of drug-likeness (QED) is 0.493. The van der Waals surface area contributed by atoms with Gasteiger partial charge >= 0.3 is 0 Å². The molecule has 0 saturated heterocycles. The molecule has 2 aromatic carbocycles. The molecular formula is C23H26N2. The molecule has 0 aliphatic heterocycles. The lowest BCUT2D eigenvalue weighted by molar-refractivity contribution is 0.834. The predicted octanol–water partition coefficient (Wildman–Crippen LogP) is 6.62. The van der Waals surface area contributed by atoms with E-state index in [2.05, 4.69) is 71.0 Å². The maximum atomic E-state index is 5.03. The monoisotopic (exact) mass is 330 g/mol. The molecule has 0 spiro atoms. The van der Waals surface area contributed by atoms with E-state index in [1.165, 1.54) is 11.1 Å². The molecule has 2 heteroatoms. The van der Waals surface area contributed by atoms with E-state index in [9.17, 15) is 0 Å². The first-order valence-electron chi connectivity index (χ1n) is 9.01. The summed E-state index contributed by atoms with van der Waals surface area (Å²) in [5.41, 5.74) is 6.61. The molecule has 3 aromatic rings. The summed E-state index contributed by atoms with van der Waals surface area (Å²) in [6.07, 6.45) is 0. The molecule has 0 bridgehead atoms. The summed E-state index contributed by atoms with van der Waals surface area (Å²) in [5, 5.41) is 1.16. The fourth-order valence-electron chi connectivity index (χ4n) is 3.13. The van der Waals surface area contributed by atoms with E-state index < -0.39 is 0 Å². The number of benzene rings is 2. The summed E-state index contributed by atoms with van der Waals surface area (Å²) in [5.74, 6) is 0.879. The van der Waals surface area contributed by atoms with E-state index >= 15 is 0 Å². The molecule has 1 aromatic heterocycles. The van der Waals surface area contributed by atoms with Gasteiger partial charge in [0.15, 0.2) is 0 Å². The lowest BCUT2D eigenvalue weighted by atomic mass is 9.93. The van der Waals surface area contributed by atoms with Crippen molar-refractivity contribution in [1.82, 2.24) is 4.98 Å². The van der Waals surface area contributed by atoms with Gasteiger partial charge < -0.3 is 0 Å². The van der Waals surface area contributed by atoms with Crippen molar-refractivity contribution in [2.24, 2.45) is 4.99 Å². The van der Waals surface area contributed by atoms with Crippen LogP contribution in [0.3, 0.4) is 0 Å². The molecule has 0 aliphatic carbocycles. The van der Waals surface area contributed by atoms with Crippen molar-refractivity contribution in [1.29, 1.82) is 0 Å². The largest absolute Gasteiger partial charge is 0.251 e. The first-order chi connectivity index (χ1) is 12.0. The van der Waals surface area contributed by atoms with E-state index in [1.807, 2.05) is 18.2 Å². The second-order valence-corrected chi connectivity index (χ2v) is 7.18. The van der Waals surface area contributed by atoms with Crippen molar-refractivity contribution in [3.05, 3.63) is 71.4 Å². The molecule has 0 amide bonds. The van der Waals surface area contributed by atoms with Crippen LogP contribution in [0.25, 0.3) is 10.9 Å². The van der Waals surface area contributed by atoms with E-state index in [0.29, 0.717) is 11.8 Å². The minimum atomic E-state index is 0.440. The molecule has 1 heterocycles. The van der Waals surface area contributed by atoms with Crippen LogP contribution >= 0.6 is 0 Å². The van der Waals surface area contributed by atoms with Gasteiger partial charge in [0.25, 0.3) is 0 Å². The molecule has 0 saturated carbocycles. The standard InChI is InChI=1S/C23H26N2/c1-15(2)19-10-8-11-20(16(3)4)23(19)24-17(5)21-14-13-18-9-6-7-12-22(18)25-21/h6-16H,1-5H3. The van der Waals surface area contributed by atoms with Crippen LogP contribution in [0, 0.1) is 0 Å². The highest BCUT2D eigenvalue weighted by atomic mass is 14.8. The van der Waals surface area contributed by atoms with E-state index in [1.54, 1.807) is 0 Å². The minimum Gasteiger partial charge on any atom is -0.251 e. The third-order valence-corrected chi connectivity index (χ3v) is 4.59. The van der Waals surface area contributed by atoms with Gasteiger partial charge in [0.2, 0.25) is 0 Å². The van der Waals surface area contributed by atoms with Crippen molar-refractivity contribution in [2.75, 3.05) is 0 Å². The van der Waals surface area contributed by atoms with Gasteiger partial charge in [0.1, 0.15) is 0 Å². The third kappa shape index (κ3) is 3.63. The van der Waals surface area contributed by atoms with Crippen molar-refractivity contribution in [3.8, 4) is 0 Å². The van der Waals surface area contributed by atoms with E-state index in [4.69, 9.17) is 9.98 Å². The fourth-order valence-corrected chi connectivity index (χ4v) is 3.13. The average Bonchev–Trinajstić information content (AvgIpc) is 2.61. The van der Waals surface area contributed by atoms with Crippen molar-refractivity contribution < 1.29 is 0 Å². The van der Waals surface area contributed by atoms with Crippen LogP contribution in [-0.4, -0.2) is 10.7 Å². The topological polar surface area (TPSA) is 25.2 Å². The number of nitrogens with zero attached hydrogens (tertiary/aromatic N) is 2. The molecule has 0 aliphatic rings. The Hall–Kier alpha value is -2.48. The molecule has 25 heavy (non-hydrogen) atoms. The number of fused-ring (bicyclic) bond motifs is 1. The Morgan fingerprint density at radius 2 is 1.44 bits per heavy atom. The second kappa shape index (κ2) is 7.18. The molecule has 2 nitrogen and oxygen atoms in total. The summed E-state index contributed by atoms with van der Waals surface area (Å²) in [6, 6.07) is 18.9. The predicted molar refractivity (Wildman–Crippen MR) is 108 cm³/mol. The second-order valence-electron chi connectivity index (χ2n) is 7.18. The maximum Gasteiger partial charge on any atom is 0.0849 e. The lowest BCUT2D eigenvalue weighted by Crippen LogP contribution is -2.01. The molecular weight excluding hydrogens is 304 g/mol. The van der Waals surface area contributed by atoms with Crippen LogP contribution in [0.1, 0.15) is 63.3 Å². The molecule has 3 rings (SSSR count). The van der Waals surface area contributed by atoms with Crippen molar-refractivity contribution >= 4 is 22.3 Å². The summed E-state index contributed by atoms with van der Waals surface area (Å²) >= 11 is 0. The Morgan fingerprint density at radius 1 is 0.800 bits per heavy atom. The van der Waals surface area contributed by atoms with E-state index in [-0.39, 0.29) is 0 Å². The lowest BCUT2D eigenvalue weighted by Gasteiger charge is -2.17. The smallest absolute Gasteiger partial charge is 0.0849 e. The van der Waals surface area contributed by atoms with Crippen LogP contribution in [0.2, 0.25) is 0 Å². The molecule has 0 fully saturated rings. The summed E-state index contributed by atoms with van der Waals surface area (Å²) in [4.78, 5) is 9.82. The third-order valence-electron chi connectivity index (χ3n) is 4.59. The Bertz CT molecular complexity index is 894. The van der Waals surface area contributed by atoms with Gasteiger partial charge in [0.05, 0.1) is 22.6 Å².